The third-order valence-electron chi connectivity index (χ3n) is 2.72. The summed E-state index contributed by atoms with van der Waals surface area (Å²) in [5, 5.41) is 5.77. The van der Waals surface area contributed by atoms with Gasteiger partial charge in [0.1, 0.15) is 17.7 Å². The van der Waals surface area contributed by atoms with E-state index < -0.39 is 11.9 Å². The molecule has 0 aromatic heterocycles. The van der Waals surface area contributed by atoms with E-state index in [2.05, 4.69) is 10.6 Å². The van der Waals surface area contributed by atoms with Gasteiger partial charge in [-0.2, -0.15) is 0 Å². The zero-order valence-electron chi connectivity index (χ0n) is 11.1. The fraction of sp³-hybridized carbons (Fsp3) is 0.462. The molecule has 0 bridgehead atoms. The molecule has 1 aliphatic rings. The molecule has 1 saturated heterocycles. The summed E-state index contributed by atoms with van der Waals surface area (Å²) >= 11 is 0. The number of hydrogen-bond acceptors (Lipinski definition) is 4. The lowest BCUT2D eigenvalue weighted by Gasteiger charge is -2.23. The maximum atomic E-state index is 13.1. The molecule has 7 heteroatoms. The largest absolute Gasteiger partial charge is 0.492 e. The first-order chi connectivity index (χ1) is 9.20. The maximum Gasteiger partial charge on any atom is 0.254 e. The van der Waals surface area contributed by atoms with Crippen LogP contribution in [0.15, 0.2) is 18.2 Å². The number of rotatable bonds is 4. The second kappa shape index (κ2) is 8.04. The molecule has 1 amide bonds. The van der Waals surface area contributed by atoms with E-state index in [1.165, 1.54) is 18.2 Å². The summed E-state index contributed by atoms with van der Waals surface area (Å²) in [6.45, 7) is 3.90. The van der Waals surface area contributed by atoms with E-state index in [0.717, 1.165) is 6.54 Å². The van der Waals surface area contributed by atoms with Gasteiger partial charge in [0.05, 0.1) is 18.9 Å². The number of morpholine rings is 1. The highest BCUT2D eigenvalue weighted by molar-refractivity contribution is 5.95. The summed E-state index contributed by atoms with van der Waals surface area (Å²) in [5.74, 6) is -0.351. The second-order valence-electron chi connectivity index (χ2n) is 4.13. The smallest absolute Gasteiger partial charge is 0.254 e. The second-order valence-corrected chi connectivity index (χ2v) is 4.13. The Morgan fingerprint density at radius 1 is 1.60 bits per heavy atom. The lowest BCUT2D eigenvalue weighted by molar-refractivity contribution is -0.128. The first-order valence-electron chi connectivity index (χ1n) is 6.26. The Kier molecular flexibility index (Phi) is 6.70. The molecule has 1 aromatic carbocycles. The summed E-state index contributed by atoms with van der Waals surface area (Å²) in [5.41, 5.74) is 0.447. The van der Waals surface area contributed by atoms with Crippen molar-refractivity contribution >= 4 is 24.0 Å². The minimum Gasteiger partial charge on any atom is -0.492 e. The van der Waals surface area contributed by atoms with Gasteiger partial charge in [-0.1, -0.05) is 0 Å². The molecule has 0 aliphatic carbocycles. The molecule has 1 atom stereocenters. The number of ether oxygens (including phenoxy) is 2. The van der Waals surface area contributed by atoms with E-state index in [-0.39, 0.29) is 18.3 Å². The average molecular weight is 305 g/mol. The summed E-state index contributed by atoms with van der Waals surface area (Å²) in [4.78, 5) is 12.0. The van der Waals surface area contributed by atoms with Gasteiger partial charge in [0.25, 0.3) is 5.91 Å². The molecule has 0 saturated carbocycles. The number of amides is 1. The van der Waals surface area contributed by atoms with Crippen molar-refractivity contribution in [1.82, 2.24) is 5.32 Å². The molecule has 112 valence electrons. The quantitative estimate of drug-likeness (QED) is 0.886. The topological polar surface area (TPSA) is 59.6 Å². The van der Waals surface area contributed by atoms with Gasteiger partial charge >= 0.3 is 0 Å². The summed E-state index contributed by atoms with van der Waals surface area (Å²) in [6, 6.07) is 4.01. The minimum absolute atomic E-state index is 0. The third kappa shape index (κ3) is 4.33. The molecule has 20 heavy (non-hydrogen) atoms. The molecule has 2 rings (SSSR count). The predicted molar refractivity (Wildman–Crippen MR) is 76.1 cm³/mol. The van der Waals surface area contributed by atoms with E-state index in [0.29, 0.717) is 31.2 Å². The normalized spacial score (nSPS) is 18.0. The maximum absolute atomic E-state index is 13.1. The molecule has 1 aromatic rings. The summed E-state index contributed by atoms with van der Waals surface area (Å²) in [6.07, 6.45) is -0.534. The number of carbonyl (C=O) groups excluding carboxylic acids is 1. The monoisotopic (exact) mass is 304 g/mol. The van der Waals surface area contributed by atoms with Gasteiger partial charge in [-0.15, -0.1) is 12.4 Å². The van der Waals surface area contributed by atoms with Gasteiger partial charge in [-0.05, 0) is 19.1 Å². The van der Waals surface area contributed by atoms with Crippen molar-refractivity contribution in [2.75, 3.05) is 31.6 Å². The van der Waals surface area contributed by atoms with Crippen molar-refractivity contribution in [2.45, 2.75) is 13.0 Å². The Morgan fingerprint density at radius 3 is 3.05 bits per heavy atom. The van der Waals surface area contributed by atoms with Crippen LogP contribution in [0.4, 0.5) is 10.1 Å². The zero-order valence-corrected chi connectivity index (χ0v) is 12.0. The molecule has 1 unspecified atom stereocenters. The number of benzene rings is 1. The van der Waals surface area contributed by atoms with Crippen LogP contribution in [0.3, 0.4) is 0 Å². The van der Waals surface area contributed by atoms with E-state index in [4.69, 9.17) is 9.47 Å². The lowest BCUT2D eigenvalue weighted by atomic mass is 10.2. The summed E-state index contributed by atoms with van der Waals surface area (Å²) in [7, 11) is 0. The number of nitrogens with one attached hydrogen (secondary N) is 2. The fourth-order valence-electron chi connectivity index (χ4n) is 1.82. The van der Waals surface area contributed by atoms with Crippen LogP contribution in [0.2, 0.25) is 0 Å². The molecule has 1 aliphatic heterocycles. The highest BCUT2D eigenvalue weighted by Crippen LogP contribution is 2.25. The Morgan fingerprint density at radius 2 is 2.40 bits per heavy atom. The highest BCUT2D eigenvalue weighted by Gasteiger charge is 2.22. The SMILES string of the molecule is CCOc1cc(F)ccc1NC(=O)C1CNCCO1.Cl. The molecule has 2 N–H and O–H groups in total. The molecular formula is C13H18ClFN2O3. The van der Waals surface area contributed by atoms with Crippen molar-refractivity contribution < 1.29 is 18.7 Å². The highest BCUT2D eigenvalue weighted by atomic mass is 35.5. The van der Waals surface area contributed by atoms with Crippen LogP contribution in [-0.4, -0.2) is 38.3 Å². The fourth-order valence-corrected chi connectivity index (χ4v) is 1.82. The van der Waals surface area contributed by atoms with E-state index >= 15 is 0 Å². The van der Waals surface area contributed by atoms with Crippen LogP contribution in [0.5, 0.6) is 5.75 Å². The predicted octanol–water partition coefficient (Wildman–Crippen LogP) is 1.57. The number of anilines is 1. The first-order valence-corrected chi connectivity index (χ1v) is 6.26. The van der Waals surface area contributed by atoms with Gasteiger partial charge in [0.15, 0.2) is 0 Å². The van der Waals surface area contributed by atoms with E-state index in [1.54, 1.807) is 6.92 Å². The standard InChI is InChI=1S/C13H17FN2O3.ClH/c1-2-18-11-7-9(14)3-4-10(11)16-13(17)12-8-15-5-6-19-12;/h3-4,7,12,15H,2,5-6,8H2,1H3,(H,16,17);1H. The molecule has 1 heterocycles. The van der Waals surface area contributed by atoms with Crippen molar-refractivity contribution in [3.63, 3.8) is 0 Å². The zero-order chi connectivity index (χ0) is 13.7. The molecule has 5 nitrogen and oxygen atoms in total. The van der Waals surface area contributed by atoms with Gasteiger partial charge in [0, 0.05) is 19.2 Å². The Balaban J connectivity index is 0.00000200. The average Bonchev–Trinajstić information content (AvgIpc) is 2.43. The van der Waals surface area contributed by atoms with Crippen LogP contribution < -0.4 is 15.4 Å². The first kappa shape index (κ1) is 16.7. The van der Waals surface area contributed by atoms with Crippen LogP contribution in [-0.2, 0) is 9.53 Å². The number of hydrogen-bond donors (Lipinski definition) is 2. The van der Waals surface area contributed by atoms with Gasteiger partial charge < -0.3 is 20.1 Å². The molecular weight excluding hydrogens is 287 g/mol. The number of carbonyl (C=O) groups is 1. The molecule has 0 spiro atoms. The Bertz CT molecular complexity index is 453. The minimum atomic E-state index is -0.534. The van der Waals surface area contributed by atoms with Crippen LogP contribution >= 0.6 is 12.4 Å². The van der Waals surface area contributed by atoms with Crippen LogP contribution in [0.1, 0.15) is 6.92 Å². The van der Waals surface area contributed by atoms with Gasteiger partial charge in [-0.25, -0.2) is 4.39 Å². The Hall–Kier alpha value is -1.37. The lowest BCUT2D eigenvalue weighted by Crippen LogP contribution is -2.45. The van der Waals surface area contributed by atoms with Crippen LogP contribution in [0.25, 0.3) is 0 Å². The van der Waals surface area contributed by atoms with Crippen molar-refractivity contribution in [1.29, 1.82) is 0 Å². The van der Waals surface area contributed by atoms with Gasteiger partial charge in [-0.3, -0.25) is 4.79 Å². The number of halogens is 2. The Labute approximate surface area is 123 Å². The van der Waals surface area contributed by atoms with E-state index in [9.17, 15) is 9.18 Å². The van der Waals surface area contributed by atoms with Crippen molar-refractivity contribution in [3.8, 4) is 5.75 Å². The third-order valence-corrected chi connectivity index (χ3v) is 2.72. The van der Waals surface area contributed by atoms with E-state index in [1.807, 2.05) is 0 Å². The summed E-state index contributed by atoms with van der Waals surface area (Å²) < 4.78 is 23.8. The molecule has 0 radical (unpaired) electrons. The van der Waals surface area contributed by atoms with Crippen molar-refractivity contribution in [2.24, 2.45) is 0 Å². The van der Waals surface area contributed by atoms with Crippen LogP contribution in [0, 0.1) is 5.82 Å². The molecule has 1 fully saturated rings. The van der Waals surface area contributed by atoms with Gasteiger partial charge in [0.2, 0.25) is 0 Å². The van der Waals surface area contributed by atoms with Crippen molar-refractivity contribution in [3.05, 3.63) is 24.0 Å².